The Morgan fingerprint density at radius 3 is 1.94 bits per heavy atom. The second kappa shape index (κ2) is 15.3. The molecule has 0 aromatic heterocycles. The molecule has 35 heavy (non-hydrogen) atoms. The van der Waals surface area contributed by atoms with Crippen LogP contribution in [0.3, 0.4) is 0 Å². The maximum atomic E-state index is 12.5. The number of allylic oxidation sites excluding steroid dienone is 1. The van der Waals surface area contributed by atoms with Crippen LogP contribution in [-0.4, -0.2) is 19.2 Å². The van der Waals surface area contributed by atoms with E-state index < -0.39 is 0 Å². The first-order valence-corrected chi connectivity index (χ1v) is 13.5. The molecule has 190 valence electrons. The van der Waals surface area contributed by atoms with E-state index in [2.05, 4.69) is 13.5 Å². The van der Waals surface area contributed by atoms with Crippen molar-refractivity contribution in [2.45, 2.75) is 77.6 Å². The fourth-order valence-electron chi connectivity index (χ4n) is 4.82. The van der Waals surface area contributed by atoms with Crippen LogP contribution in [0.25, 0.3) is 0 Å². The van der Waals surface area contributed by atoms with Crippen molar-refractivity contribution in [1.82, 2.24) is 0 Å². The number of hydrogen-bond acceptors (Lipinski definition) is 4. The summed E-state index contributed by atoms with van der Waals surface area (Å²) in [5, 5.41) is 0. The molecule has 0 spiro atoms. The molecule has 0 aliphatic heterocycles. The van der Waals surface area contributed by atoms with Crippen molar-refractivity contribution in [1.29, 1.82) is 0 Å². The molecular weight excluding hydrogens is 436 g/mol. The highest BCUT2D eigenvalue weighted by Crippen LogP contribution is 2.33. The Bertz CT molecular complexity index is 864. The van der Waals surface area contributed by atoms with Crippen LogP contribution in [0.2, 0.25) is 0 Å². The highest BCUT2D eigenvalue weighted by molar-refractivity contribution is 5.91. The Kier molecular flexibility index (Phi) is 11.7. The molecule has 1 fully saturated rings. The number of unbranched alkanes of at least 4 members (excludes halogenated alkanes) is 2. The molecule has 3 rings (SSSR count). The van der Waals surface area contributed by atoms with Crippen molar-refractivity contribution >= 4 is 5.97 Å². The van der Waals surface area contributed by atoms with E-state index in [0.717, 1.165) is 55.6 Å². The topological polar surface area (TPSA) is 44.8 Å². The largest absolute Gasteiger partial charge is 0.494 e. The van der Waals surface area contributed by atoms with Crippen LogP contribution < -0.4 is 14.2 Å². The number of benzene rings is 2. The molecule has 0 unspecified atom stereocenters. The predicted molar refractivity (Wildman–Crippen MR) is 142 cm³/mol. The zero-order valence-electron chi connectivity index (χ0n) is 21.4. The first-order chi connectivity index (χ1) is 17.2. The molecule has 4 nitrogen and oxygen atoms in total. The van der Waals surface area contributed by atoms with E-state index in [-0.39, 0.29) is 5.97 Å². The first-order valence-electron chi connectivity index (χ1n) is 13.5. The molecule has 0 N–H and O–H groups in total. The van der Waals surface area contributed by atoms with E-state index in [1.54, 1.807) is 36.4 Å². The Morgan fingerprint density at radius 2 is 1.34 bits per heavy atom. The third kappa shape index (κ3) is 9.79. The lowest BCUT2D eigenvalue weighted by molar-refractivity contribution is 0.0734. The Balaban J connectivity index is 1.33. The molecule has 2 aromatic rings. The minimum atomic E-state index is -0.384. The second-order valence-corrected chi connectivity index (χ2v) is 9.68. The highest BCUT2D eigenvalue weighted by atomic mass is 16.5. The van der Waals surface area contributed by atoms with Crippen LogP contribution in [0.1, 0.15) is 87.9 Å². The van der Waals surface area contributed by atoms with Crippen LogP contribution in [0.15, 0.2) is 61.2 Å². The smallest absolute Gasteiger partial charge is 0.343 e. The monoisotopic (exact) mass is 478 g/mol. The Labute approximate surface area is 211 Å². The van der Waals surface area contributed by atoms with Gasteiger partial charge in [-0.2, -0.15) is 0 Å². The van der Waals surface area contributed by atoms with Gasteiger partial charge in [-0.05, 0) is 92.5 Å². The number of hydrogen-bond donors (Lipinski definition) is 0. The van der Waals surface area contributed by atoms with Gasteiger partial charge in [0.2, 0.25) is 0 Å². The lowest BCUT2D eigenvalue weighted by atomic mass is 9.78. The average Bonchev–Trinajstić information content (AvgIpc) is 2.89. The van der Waals surface area contributed by atoms with E-state index in [1.165, 1.54) is 44.9 Å². The van der Waals surface area contributed by atoms with Gasteiger partial charge in [0.15, 0.2) is 0 Å². The van der Waals surface area contributed by atoms with Gasteiger partial charge in [-0.25, -0.2) is 4.79 Å². The Morgan fingerprint density at radius 1 is 0.800 bits per heavy atom. The molecule has 0 radical (unpaired) electrons. The van der Waals surface area contributed by atoms with Gasteiger partial charge >= 0.3 is 5.97 Å². The summed E-state index contributed by atoms with van der Waals surface area (Å²) in [6.07, 6.45) is 15.6. The molecule has 0 heterocycles. The van der Waals surface area contributed by atoms with Crippen LogP contribution in [0.4, 0.5) is 0 Å². The summed E-state index contributed by atoms with van der Waals surface area (Å²) in [5.74, 6) is 3.53. The van der Waals surface area contributed by atoms with Gasteiger partial charge in [-0.1, -0.05) is 51.5 Å². The average molecular weight is 479 g/mol. The second-order valence-electron chi connectivity index (χ2n) is 9.68. The van der Waals surface area contributed by atoms with Gasteiger partial charge in [0.25, 0.3) is 0 Å². The van der Waals surface area contributed by atoms with E-state index in [4.69, 9.17) is 14.2 Å². The van der Waals surface area contributed by atoms with E-state index in [0.29, 0.717) is 17.9 Å². The van der Waals surface area contributed by atoms with Gasteiger partial charge in [-0.3, -0.25) is 0 Å². The molecule has 0 atom stereocenters. The maximum absolute atomic E-state index is 12.5. The van der Waals surface area contributed by atoms with Crippen molar-refractivity contribution < 1.29 is 19.0 Å². The fourth-order valence-corrected chi connectivity index (χ4v) is 4.82. The van der Waals surface area contributed by atoms with Crippen LogP contribution >= 0.6 is 0 Å². The number of carbonyl (C=O) groups excluding carboxylic acids is 1. The summed E-state index contributed by atoms with van der Waals surface area (Å²) in [7, 11) is 0. The maximum Gasteiger partial charge on any atom is 0.343 e. The number of ether oxygens (including phenoxy) is 3. The number of esters is 1. The molecule has 4 heteroatoms. The van der Waals surface area contributed by atoms with Crippen LogP contribution in [0.5, 0.6) is 17.2 Å². The summed E-state index contributed by atoms with van der Waals surface area (Å²) in [6, 6.07) is 14.4. The molecule has 1 saturated carbocycles. The fraction of sp³-hybridized carbons (Fsp3) is 0.516. The Hall–Kier alpha value is -2.75. The molecule has 0 amide bonds. The van der Waals surface area contributed by atoms with Crippen molar-refractivity contribution in [2.75, 3.05) is 13.2 Å². The van der Waals surface area contributed by atoms with Crippen molar-refractivity contribution in [3.05, 3.63) is 66.7 Å². The summed E-state index contributed by atoms with van der Waals surface area (Å²) < 4.78 is 17.1. The quantitative estimate of drug-likeness (QED) is 0.112. The summed E-state index contributed by atoms with van der Waals surface area (Å²) in [6.45, 7) is 7.41. The molecule has 0 bridgehead atoms. The van der Waals surface area contributed by atoms with E-state index in [9.17, 15) is 4.79 Å². The van der Waals surface area contributed by atoms with Gasteiger partial charge < -0.3 is 14.2 Å². The minimum absolute atomic E-state index is 0.384. The van der Waals surface area contributed by atoms with Crippen molar-refractivity contribution in [2.24, 2.45) is 11.8 Å². The SMILES string of the molecule is C=CCCCCOc1ccc(C(=O)Oc2ccc(OCCCC3CCC(CCC)CC3)cc2)cc1. The standard InChI is InChI=1S/C31H42O4/c1-3-5-6-7-23-33-28-17-15-27(16-18-28)31(32)35-30-21-19-29(20-22-30)34-24-8-10-26-13-11-25(9-4-2)12-14-26/h3,15-22,25-26H,1,4-14,23-24H2,2H3. The van der Waals surface area contributed by atoms with E-state index >= 15 is 0 Å². The minimum Gasteiger partial charge on any atom is -0.494 e. The number of carbonyl (C=O) groups is 1. The van der Waals surface area contributed by atoms with Gasteiger partial charge in [0.1, 0.15) is 17.2 Å². The van der Waals surface area contributed by atoms with Crippen LogP contribution in [-0.2, 0) is 0 Å². The molecule has 1 aliphatic rings. The predicted octanol–water partition coefficient (Wildman–Crippen LogP) is 8.41. The van der Waals surface area contributed by atoms with Gasteiger partial charge in [0, 0.05) is 0 Å². The van der Waals surface area contributed by atoms with Crippen molar-refractivity contribution in [3.63, 3.8) is 0 Å². The lowest BCUT2D eigenvalue weighted by Crippen LogP contribution is -2.15. The summed E-state index contributed by atoms with van der Waals surface area (Å²) in [4.78, 5) is 12.5. The molecule has 2 aromatic carbocycles. The molecular formula is C31H42O4. The highest BCUT2D eigenvalue weighted by Gasteiger charge is 2.20. The third-order valence-electron chi connectivity index (χ3n) is 6.88. The van der Waals surface area contributed by atoms with Gasteiger partial charge in [-0.15, -0.1) is 6.58 Å². The van der Waals surface area contributed by atoms with Gasteiger partial charge in [0.05, 0.1) is 18.8 Å². The van der Waals surface area contributed by atoms with E-state index in [1.807, 2.05) is 18.2 Å². The lowest BCUT2D eigenvalue weighted by Gasteiger charge is -2.28. The van der Waals surface area contributed by atoms with Crippen LogP contribution in [0, 0.1) is 11.8 Å². The first kappa shape index (κ1) is 26.8. The third-order valence-corrected chi connectivity index (χ3v) is 6.88. The summed E-state index contributed by atoms with van der Waals surface area (Å²) in [5.41, 5.74) is 0.494. The number of rotatable bonds is 15. The molecule has 0 saturated heterocycles. The van der Waals surface area contributed by atoms with Crippen molar-refractivity contribution in [3.8, 4) is 17.2 Å². The zero-order chi connectivity index (χ0) is 24.7. The summed E-state index contributed by atoms with van der Waals surface area (Å²) >= 11 is 0. The zero-order valence-corrected chi connectivity index (χ0v) is 21.4. The normalized spacial score (nSPS) is 17.5. The molecule has 1 aliphatic carbocycles.